The number of rotatable bonds is 1. The Balaban J connectivity index is 0.000000219. The van der Waals surface area contributed by atoms with Gasteiger partial charge in [0, 0.05) is 34.4 Å². The zero-order valence-electron chi connectivity index (χ0n) is 21.2. The highest BCUT2D eigenvalue weighted by molar-refractivity contribution is 7.54. The van der Waals surface area contributed by atoms with Crippen molar-refractivity contribution in [3.63, 3.8) is 0 Å². The lowest BCUT2D eigenvalue weighted by molar-refractivity contribution is 1.17. The summed E-state index contributed by atoms with van der Waals surface area (Å²) in [5.74, 6) is 0. The third-order valence-electron chi connectivity index (χ3n) is 5.19. The molecule has 6 aromatic rings. The molecule has 0 aliphatic carbocycles. The fourth-order valence-electron chi connectivity index (χ4n) is 3.46. The molecule has 0 aliphatic rings. The minimum atomic E-state index is -1.72. The predicted octanol–water partition coefficient (Wildman–Crippen LogP) is 11.5. The molecule has 0 fully saturated rings. The second-order valence-electron chi connectivity index (χ2n) is 8.18. The second kappa shape index (κ2) is 17.7. The molecule has 42 heavy (non-hydrogen) atoms. The summed E-state index contributed by atoms with van der Waals surface area (Å²) in [4.78, 5) is 21.5. The Hall–Kier alpha value is -1.47. The molecule has 0 bridgehead atoms. The van der Waals surface area contributed by atoms with Gasteiger partial charge >= 0.3 is 11.4 Å². The molecule has 4 aromatic heterocycles. The Morgan fingerprint density at radius 1 is 0.690 bits per heavy atom. The van der Waals surface area contributed by atoms with E-state index in [0.29, 0.717) is 15.7 Å². The number of hydrogen-bond donors (Lipinski definition) is 2. The Morgan fingerprint density at radius 3 is 1.88 bits per heavy atom. The molecule has 0 radical (unpaired) electrons. The lowest BCUT2D eigenvalue weighted by Gasteiger charge is -2.02. The molecular weight excluding hydrogens is 719 g/mol. The van der Waals surface area contributed by atoms with Crippen LogP contribution in [0.4, 0.5) is 0 Å². The van der Waals surface area contributed by atoms with E-state index < -0.39 is 11.4 Å². The van der Waals surface area contributed by atoms with Crippen LogP contribution in [0.3, 0.4) is 0 Å². The van der Waals surface area contributed by atoms with Gasteiger partial charge in [-0.2, -0.15) is 0 Å². The van der Waals surface area contributed by atoms with Crippen molar-refractivity contribution in [1.29, 1.82) is 0 Å². The Morgan fingerprint density at radius 2 is 1.26 bits per heavy atom. The molecule has 0 saturated carbocycles. The maximum atomic E-state index is 6.13. The largest absolute Gasteiger partial charge is 0.643 e. The third kappa shape index (κ3) is 11.2. The number of halogens is 8. The van der Waals surface area contributed by atoms with Crippen LogP contribution in [-0.2, 0) is 0 Å². The number of H-pyrrole nitrogens is 2. The molecule has 6 rings (SSSR count). The maximum Gasteiger partial charge on any atom is 0.643 e. The first-order valence-electron chi connectivity index (χ1n) is 11.5. The number of aryl methyl sites for hydroxylation is 2. The summed E-state index contributed by atoms with van der Waals surface area (Å²) < 4.78 is 0. The van der Waals surface area contributed by atoms with Crippen LogP contribution < -0.4 is 0 Å². The molecule has 15 heteroatoms. The molecule has 6 nitrogen and oxygen atoms in total. The molecule has 0 saturated heterocycles. The minimum Gasteiger partial charge on any atom is -0.361 e. The normalized spacial score (nSPS) is 9.95. The average Bonchev–Trinajstić information content (AvgIpc) is 3.55. The zero-order chi connectivity index (χ0) is 30.1. The SMILES string of the molecule is C.Cc1ccc2[nH]cc(-c3nc(Cl)ncc3Cl)c2c1.Cc1ccc2[nH]ccc2c1.Clc1ncc(Cl)c(Cl)n1.[Cl][Al]([Cl])[Cl]. The fourth-order valence-corrected chi connectivity index (χ4v) is 4.19. The molecule has 4 heterocycles. The highest BCUT2D eigenvalue weighted by Gasteiger charge is 2.12. The van der Waals surface area contributed by atoms with Crippen LogP contribution in [0.25, 0.3) is 33.1 Å². The average molecular weight is 742 g/mol. The molecule has 0 atom stereocenters. The van der Waals surface area contributed by atoms with E-state index in [2.05, 4.69) is 73.2 Å². The molecule has 220 valence electrons. The van der Waals surface area contributed by atoms with Crippen molar-refractivity contribution in [1.82, 2.24) is 29.9 Å². The van der Waals surface area contributed by atoms with Gasteiger partial charge in [-0.25, -0.2) is 50.1 Å². The highest BCUT2D eigenvalue weighted by atomic mass is 35.8. The maximum absolute atomic E-state index is 6.13. The number of fused-ring (bicyclic) bond motifs is 2. The summed E-state index contributed by atoms with van der Waals surface area (Å²) in [5.41, 5.74) is 6.33. The van der Waals surface area contributed by atoms with Gasteiger partial charge in [-0.1, -0.05) is 65.5 Å². The summed E-state index contributed by atoms with van der Waals surface area (Å²) in [7, 11) is 14.8. The number of nitrogens with zero attached hydrogens (tertiary/aromatic N) is 4. The van der Waals surface area contributed by atoms with Crippen molar-refractivity contribution in [3.8, 4) is 11.3 Å². The number of nitrogens with one attached hydrogen (secondary N) is 2. The van der Waals surface area contributed by atoms with Crippen molar-refractivity contribution in [3.05, 3.63) is 104 Å². The number of aromatic amines is 2. The van der Waals surface area contributed by atoms with E-state index in [1.165, 1.54) is 34.4 Å². The molecule has 2 aromatic carbocycles. The first kappa shape index (κ1) is 36.7. The number of benzene rings is 2. The Labute approximate surface area is 285 Å². The first-order valence-corrected chi connectivity index (χ1v) is 18.6. The molecular formula is C27H23AlCl8N6. The van der Waals surface area contributed by atoms with Crippen molar-refractivity contribution < 1.29 is 0 Å². The van der Waals surface area contributed by atoms with Crippen LogP contribution in [0, 0.1) is 13.8 Å². The van der Waals surface area contributed by atoms with Gasteiger partial charge in [-0.05, 0) is 72.8 Å². The quantitative estimate of drug-likeness (QED) is 0.0998. The Kier molecular flexibility index (Phi) is 15.5. The van der Waals surface area contributed by atoms with Crippen LogP contribution in [0.2, 0.25) is 25.8 Å². The van der Waals surface area contributed by atoms with Gasteiger partial charge in [-0.3, -0.25) is 0 Å². The van der Waals surface area contributed by atoms with E-state index in [4.69, 9.17) is 88.2 Å². The lowest BCUT2D eigenvalue weighted by atomic mass is 10.1. The van der Waals surface area contributed by atoms with Crippen molar-refractivity contribution >= 4 is 121 Å². The summed E-state index contributed by atoms with van der Waals surface area (Å²) in [6.07, 6.45) is 6.71. The van der Waals surface area contributed by atoms with Crippen molar-refractivity contribution in [2.24, 2.45) is 0 Å². The second-order valence-corrected chi connectivity index (χ2v) is 16.5. The van der Waals surface area contributed by atoms with E-state index in [1.807, 2.05) is 25.4 Å². The van der Waals surface area contributed by atoms with Crippen LogP contribution in [0.15, 0.2) is 67.3 Å². The Bertz CT molecular complexity index is 1740. The van der Waals surface area contributed by atoms with E-state index in [-0.39, 0.29) is 23.1 Å². The van der Waals surface area contributed by atoms with Crippen LogP contribution in [0.5, 0.6) is 0 Å². The lowest BCUT2D eigenvalue weighted by Crippen LogP contribution is -1.88. The van der Waals surface area contributed by atoms with Crippen LogP contribution in [-0.4, -0.2) is 41.3 Å². The van der Waals surface area contributed by atoms with E-state index in [9.17, 15) is 0 Å². The van der Waals surface area contributed by atoms with Crippen LogP contribution >= 0.6 is 88.2 Å². The molecule has 0 aliphatic heterocycles. The minimum absolute atomic E-state index is 0. The van der Waals surface area contributed by atoms with E-state index >= 15 is 0 Å². The van der Waals surface area contributed by atoms with Crippen molar-refractivity contribution in [2.45, 2.75) is 21.3 Å². The van der Waals surface area contributed by atoms with Gasteiger partial charge in [0.05, 0.1) is 28.1 Å². The number of hydrogen-bond acceptors (Lipinski definition) is 4. The van der Waals surface area contributed by atoms with Crippen LogP contribution in [0.1, 0.15) is 18.6 Å². The van der Waals surface area contributed by atoms with Gasteiger partial charge in [0.25, 0.3) is 0 Å². The predicted molar refractivity (Wildman–Crippen MR) is 184 cm³/mol. The number of aromatic nitrogens is 6. The van der Waals surface area contributed by atoms with E-state index in [1.54, 1.807) is 0 Å². The summed E-state index contributed by atoms with van der Waals surface area (Å²) in [5, 5.41) is 3.63. The molecule has 2 N–H and O–H groups in total. The molecule has 0 unspecified atom stereocenters. The van der Waals surface area contributed by atoms with E-state index in [0.717, 1.165) is 16.5 Å². The monoisotopic (exact) mass is 738 g/mol. The first-order chi connectivity index (χ1) is 19.4. The van der Waals surface area contributed by atoms with Gasteiger partial charge in [0.2, 0.25) is 10.6 Å². The van der Waals surface area contributed by atoms with Gasteiger partial charge in [0.15, 0.2) is 5.15 Å². The highest BCUT2D eigenvalue weighted by Crippen LogP contribution is 2.32. The summed E-state index contributed by atoms with van der Waals surface area (Å²) >= 11 is 26.5. The fraction of sp³-hybridized carbons (Fsp3) is 0.111. The topological polar surface area (TPSA) is 83.1 Å². The zero-order valence-corrected chi connectivity index (χ0v) is 28.4. The third-order valence-corrected chi connectivity index (χ3v) is 6.49. The standard InChI is InChI=1S/C13H9Cl2N3.C9H9N.C4HCl3N2.CH4.Al.3ClH/c1-7-2-3-11-8(4-7)9(5-16-11)12-10(14)6-17-13(15)18-12;1-7-2-3-9-8(6-7)4-5-10-9;5-2-1-8-4(7)9-3(2)6;;;;;/h2-6,16H,1H3;2-6,10H,1H3;1H;1H4;;3*1H/q;;;;+3;;;/p-3. The molecule has 0 amide bonds. The van der Waals surface area contributed by atoms with Crippen molar-refractivity contribution in [2.75, 3.05) is 0 Å². The molecule has 0 spiro atoms. The smallest absolute Gasteiger partial charge is 0.361 e. The van der Waals surface area contributed by atoms with Gasteiger partial charge < -0.3 is 9.97 Å². The van der Waals surface area contributed by atoms with Gasteiger partial charge in [0.1, 0.15) is 0 Å². The van der Waals surface area contributed by atoms with Gasteiger partial charge in [-0.15, -0.1) is 0 Å². The summed E-state index contributed by atoms with van der Waals surface area (Å²) in [6.45, 7) is 4.15. The summed E-state index contributed by atoms with van der Waals surface area (Å²) in [6, 6.07) is 14.6.